The van der Waals surface area contributed by atoms with Crippen molar-refractivity contribution >= 4 is 28.9 Å². The monoisotopic (exact) mass is 440 g/mol. The minimum atomic E-state index is 0.0528. The van der Waals surface area contributed by atoms with E-state index >= 15 is 0 Å². The zero-order valence-electron chi connectivity index (χ0n) is 17.5. The number of hydrazine groups is 1. The van der Waals surface area contributed by atoms with Gasteiger partial charge in [0.15, 0.2) is 0 Å². The van der Waals surface area contributed by atoms with E-state index in [0.29, 0.717) is 17.4 Å². The lowest BCUT2D eigenvalue weighted by atomic mass is 10.1. The highest BCUT2D eigenvalue weighted by molar-refractivity contribution is 6.30. The fourth-order valence-electron chi connectivity index (χ4n) is 2.87. The van der Waals surface area contributed by atoms with E-state index < -0.39 is 0 Å². The molecule has 0 fully saturated rings. The quantitative estimate of drug-likeness (QED) is 0.267. The molecule has 0 saturated heterocycles. The van der Waals surface area contributed by atoms with Crippen LogP contribution < -0.4 is 20.9 Å². The maximum Gasteiger partial charge on any atom is 0.240 e. The van der Waals surface area contributed by atoms with Gasteiger partial charge in [0.2, 0.25) is 5.95 Å². The van der Waals surface area contributed by atoms with E-state index in [1.807, 2.05) is 62.4 Å². The van der Waals surface area contributed by atoms with Crippen LogP contribution in [0, 0.1) is 4.91 Å². The first-order valence-corrected chi connectivity index (χ1v) is 10.3. The van der Waals surface area contributed by atoms with Crippen molar-refractivity contribution in [1.82, 2.24) is 9.97 Å². The number of benzene rings is 2. The van der Waals surface area contributed by atoms with Crippen molar-refractivity contribution in [3.63, 3.8) is 0 Å². The molecular formula is C22H25ClN6O2. The van der Waals surface area contributed by atoms with Crippen LogP contribution in [-0.2, 0) is 6.42 Å². The van der Waals surface area contributed by atoms with Gasteiger partial charge < -0.3 is 10.1 Å². The van der Waals surface area contributed by atoms with Crippen molar-refractivity contribution in [3.05, 3.63) is 75.9 Å². The standard InChI is InChI=1S/C22H25ClN6O2/c1-15(2)31-19-9-7-18(8-10-19)27-21-14-25-22(29(24)12-11-26-30)28-20(21)13-16-3-5-17(23)6-4-16/h3-10,14-15,27H,11-13,24H2,1-2H3. The van der Waals surface area contributed by atoms with Crippen molar-refractivity contribution in [2.24, 2.45) is 11.0 Å². The number of nitrogens with two attached hydrogens (primary N) is 1. The second kappa shape index (κ2) is 10.7. The number of aromatic nitrogens is 2. The summed E-state index contributed by atoms with van der Waals surface area (Å²) in [5, 5.41) is 8.18. The van der Waals surface area contributed by atoms with Crippen LogP contribution in [0.3, 0.4) is 0 Å². The van der Waals surface area contributed by atoms with Gasteiger partial charge in [-0.15, -0.1) is 0 Å². The maximum atomic E-state index is 10.4. The van der Waals surface area contributed by atoms with Gasteiger partial charge >= 0.3 is 0 Å². The molecule has 9 heteroatoms. The average molecular weight is 441 g/mol. The molecule has 0 aliphatic carbocycles. The number of hydrogen-bond acceptors (Lipinski definition) is 8. The molecule has 0 bridgehead atoms. The Balaban J connectivity index is 1.86. The summed E-state index contributed by atoms with van der Waals surface area (Å²) < 4.78 is 5.69. The first kappa shape index (κ1) is 22.5. The third-order valence-corrected chi connectivity index (χ3v) is 4.59. The van der Waals surface area contributed by atoms with Crippen LogP contribution in [0.15, 0.2) is 59.9 Å². The lowest BCUT2D eigenvalue weighted by molar-refractivity contribution is 0.242. The van der Waals surface area contributed by atoms with Gasteiger partial charge in [0.1, 0.15) is 12.3 Å². The molecule has 0 atom stereocenters. The molecule has 0 amide bonds. The Morgan fingerprint density at radius 3 is 2.52 bits per heavy atom. The number of halogens is 1. The molecule has 0 spiro atoms. The molecule has 3 rings (SSSR count). The molecule has 0 aliphatic heterocycles. The van der Waals surface area contributed by atoms with Gasteiger partial charge in [0.25, 0.3) is 0 Å². The summed E-state index contributed by atoms with van der Waals surface area (Å²) in [5.74, 6) is 7.10. The summed E-state index contributed by atoms with van der Waals surface area (Å²) in [7, 11) is 0. The predicted molar refractivity (Wildman–Crippen MR) is 124 cm³/mol. The summed E-state index contributed by atoms with van der Waals surface area (Å²) in [6.07, 6.45) is 2.34. The number of anilines is 3. The Labute approximate surface area is 186 Å². The summed E-state index contributed by atoms with van der Waals surface area (Å²) in [4.78, 5) is 19.4. The molecule has 8 nitrogen and oxygen atoms in total. The molecule has 1 heterocycles. The fraction of sp³-hybridized carbons (Fsp3) is 0.273. The van der Waals surface area contributed by atoms with Crippen LogP contribution in [0.2, 0.25) is 5.02 Å². The first-order valence-electron chi connectivity index (χ1n) is 9.90. The lowest BCUT2D eigenvalue weighted by Crippen LogP contribution is -2.35. The summed E-state index contributed by atoms with van der Waals surface area (Å²) in [6.45, 7) is 4.26. The van der Waals surface area contributed by atoms with Crippen molar-refractivity contribution < 1.29 is 4.74 Å². The molecule has 0 aliphatic rings. The summed E-state index contributed by atoms with van der Waals surface area (Å²) in [5.41, 5.74) is 3.41. The SMILES string of the molecule is CC(C)Oc1ccc(Nc2cnc(N(N)CCN=O)nc2Cc2ccc(Cl)cc2)cc1. The Morgan fingerprint density at radius 2 is 1.87 bits per heavy atom. The third kappa shape index (κ3) is 6.63. The molecule has 2 aromatic carbocycles. The minimum absolute atomic E-state index is 0.0528. The number of nitrogens with zero attached hydrogens (tertiary/aromatic N) is 4. The Bertz CT molecular complexity index is 996. The van der Waals surface area contributed by atoms with Gasteiger partial charge in [0, 0.05) is 17.1 Å². The molecule has 0 unspecified atom stereocenters. The van der Waals surface area contributed by atoms with Crippen molar-refractivity contribution in [1.29, 1.82) is 0 Å². The highest BCUT2D eigenvalue weighted by Gasteiger charge is 2.12. The van der Waals surface area contributed by atoms with E-state index in [1.165, 1.54) is 5.01 Å². The van der Waals surface area contributed by atoms with Crippen LogP contribution >= 0.6 is 11.6 Å². The molecule has 3 N–H and O–H groups in total. The van der Waals surface area contributed by atoms with Gasteiger partial charge in [0.05, 0.1) is 30.2 Å². The van der Waals surface area contributed by atoms with Crippen LogP contribution in [-0.4, -0.2) is 29.2 Å². The molecule has 0 saturated carbocycles. The van der Waals surface area contributed by atoms with Crippen molar-refractivity contribution in [2.45, 2.75) is 26.4 Å². The largest absolute Gasteiger partial charge is 0.491 e. The Morgan fingerprint density at radius 1 is 1.16 bits per heavy atom. The van der Waals surface area contributed by atoms with Crippen LogP contribution in [0.4, 0.5) is 17.3 Å². The number of nitrogens with one attached hydrogen (secondary N) is 1. The van der Waals surface area contributed by atoms with Crippen molar-refractivity contribution in [3.8, 4) is 5.75 Å². The second-order valence-corrected chi connectivity index (χ2v) is 7.63. The molecule has 31 heavy (non-hydrogen) atoms. The zero-order chi connectivity index (χ0) is 22.2. The number of rotatable bonds is 10. The maximum absolute atomic E-state index is 10.4. The predicted octanol–water partition coefficient (Wildman–Crippen LogP) is 4.70. The minimum Gasteiger partial charge on any atom is -0.491 e. The molecule has 0 radical (unpaired) electrons. The topological polar surface area (TPSA) is 106 Å². The van der Waals surface area contributed by atoms with Gasteiger partial charge in [-0.1, -0.05) is 28.9 Å². The van der Waals surface area contributed by atoms with Crippen LogP contribution in [0.1, 0.15) is 25.1 Å². The fourth-order valence-corrected chi connectivity index (χ4v) is 3.00. The first-order chi connectivity index (χ1) is 14.9. The van der Waals surface area contributed by atoms with E-state index in [-0.39, 0.29) is 19.2 Å². The molecule has 3 aromatic rings. The highest BCUT2D eigenvalue weighted by atomic mass is 35.5. The second-order valence-electron chi connectivity index (χ2n) is 7.20. The van der Waals surface area contributed by atoms with Crippen molar-refractivity contribution in [2.75, 3.05) is 23.4 Å². The molecule has 1 aromatic heterocycles. The van der Waals surface area contributed by atoms with Gasteiger partial charge in [-0.25, -0.2) is 15.8 Å². The summed E-state index contributed by atoms with van der Waals surface area (Å²) >= 11 is 6.01. The third-order valence-electron chi connectivity index (χ3n) is 4.33. The number of nitroso groups, excluding NO2 is 1. The van der Waals surface area contributed by atoms with Gasteiger partial charge in [-0.05, 0) is 55.8 Å². The number of ether oxygens (including phenoxy) is 1. The zero-order valence-corrected chi connectivity index (χ0v) is 18.2. The lowest BCUT2D eigenvalue weighted by Gasteiger charge is -2.18. The average Bonchev–Trinajstić information content (AvgIpc) is 2.75. The summed E-state index contributed by atoms with van der Waals surface area (Å²) in [6, 6.07) is 15.3. The van der Waals surface area contributed by atoms with Crippen LogP contribution in [0.25, 0.3) is 0 Å². The van der Waals surface area contributed by atoms with E-state index in [1.54, 1.807) is 6.20 Å². The normalized spacial score (nSPS) is 10.7. The van der Waals surface area contributed by atoms with E-state index in [9.17, 15) is 4.91 Å². The molecular weight excluding hydrogens is 416 g/mol. The van der Waals surface area contributed by atoms with Gasteiger partial charge in [-0.2, -0.15) is 4.91 Å². The van der Waals surface area contributed by atoms with Gasteiger partial charge in [-0.3, -0.25) is 5.01 Å². The smallest absolute Gasteiger partial charge is 0.240 e. The van der Waals surface area contributed by atoms with E-state index in [4.69, 9.17) is 22.2 Å². The van der Waals surface area contributed by atoms with E-state index in [0.717, 1.165) is 28.4 Å². The highest BCUT2D eigenvalue weighted by Crippen LogP contribution is 2.25. The van der Waals surface area contributed by atoms with E-state index in [2.05, 4.69) is 20.5 Å². The van der Waals surface area contributed by atoms with Crippen LogP contribution in [0.5, 0.6) is 5.75 Å². The Kier molecular flexibility index (Phi) is 7.75. The Hall–Kier alpha value is -3.23. The molecule has 162 valence electrons. The number of hydrogen-bond donors (Lipinski definition) is 2.